The van der Waals surface area contributed by atoms with Crippen LogP contribution in [0.2, 0.25) is 0 Å². The second-order valence-electron chi connectivity index (χ2n) is 8.16. The second-order valence-corrected chi connectivity index (χ2v) is 8.16. The minimum absolute atomic E-state index is 0.135. The first-order valence-corrected chi connectivity index (χ1v) is 11.3. The zero-order valence-corrected chi connectivity index (χ0v) is 19.0. The molecule has 0 aliphatic carbocycles. The molecule has 4 rings (SSSR count). The molecule has 33 heavy (non-hydrogen) atoms. The number of hydrogen-bond donors (Lipinski definition) is 1. The highest BCUT2D eigenvalue weighted by Gasteiger charge is 2.27. The molecule has 0 bridgehead atoms. The molecule has 1 aromatic heterocycles. The van der Waals surface area contributed by atoms with Crippen LogP contribution in [0.4, 0.5) is 13.6 Å². The summed E-state index contributed by atoms with van der Waals surface area (Å²) >= 11 is 0. The largest absolute Gasteiger partial charge is 0.338 e. The number of hydrogen-bond acceptors (Lipinski definition) is 3. The quantitative estimate of drug-likeness (QED) is 0.582. The molecule has 2 heterocycles. The Bertz CT molecular complexity index is 1110. The molecule has 1 aliphatic heterocycles. The van der Waals surface area contributed by atoms with Gasteiger partial charge in [0.05, 0.1) is 23.6 Å². The van der Waals surface area contributed by atoms with Gasteiger partial charge in [-0.15, -0.1) is 0 Å². The van der Waals surface area contributed by atoms with Crippen LogP contribution < -0.4 is 5.32 Å². The van der Waals surface area contributed by atoms with Crippen LogP contribution in [-0.4, -0.2) is 45.2 Å². The van der Waals surface area contributed by atoms with Gasteiger partial charge in [0.2, 0.25) is 0 Å². The lowest BCUT2D eigenvalue weighted by atomic mass is 10.0. The number of carbonyl (C=O) groups is 1. The van der Waals surface area contributed by atoms with Gasteiger partial charge < -0.3 is 10.2 Å². The van der Waals surface area contributed by atoms with Crippen molar-refractivity contribution in [1.82, 2.24) is 24.9 Å². The van der Waals surface area contributed by atoms with Crippen LogP contribution in [0.25, 0.3) is 5.69 Å². The Morgan fingerprint density at radius 2 is 1.88 bits per heavy atom. The Morgan fingerprint density at radius 1 is 1.12 bits per heavy atom. The molecular weight excluding hydrogens is 424 g/mol. The topological polar surface area (TPSA) is 53.4 Å². The molecular formula is C25H29F2N5O. The van der Waals surface area contributed by atoms with Crippen LogP contribution in [0.1, 0.15) is 36.4 Å². The van der Waals surface area contributed by atoms with E-state index >= 15 is 0 Å². The number of nitrogens with one attached hydrogen (secondary N) is 1. The number of rotatable bonds is 7. The van der Waals surface area contributed by atoms with Gasteiger partial charge in [0.15, 0.2) is 0 Å². The van der Waals surface area contributed by atoms with Crippen molar-refractivity contribution in [3.63, 3.8) is 0 Å². The minimum atomic E-state index is -0.301. The highest BCUT2D eigenvalue weighted by molar-refractivity contribution is 5.74. The van der Waals surface area contributed by atoms with Crippen molar-refractivity contribution in [3.8, 4) is 5.69 Å². The normalized spacial score (nSPS) is 13.6. The van der Waals surface area contributed by atoms with Gasteiger partial charge in [-0.3, -0.25) is 4.90 Å². The molecule has 3 aromatic rings. The number of fused-ring (bicyclic) bond motifs is 1. The highest BCUT2D eigenvalue weighted by Crippen LogP contribution is 2.28. The minimum Gasteiger partial charge on any atom is -0.338 e. The third-order valence-electron chi connectivity index (χ3n) is 5.98. The van der Waals surface area contributed by atoms with Gasteiger partial charge >= 0.3 is 6.03 Å². The van der Waals surface area contributed by atoms with Crippen LogP contribution in [-0.2, 0) is 26.1 Å². The van der Waals surface area contributed by atoms with E-state index in [-0.39, 0.29) is 17.7 Å². The number of urea groups is 1. The van der Waals surface area contributed by atoms with Gasteiger partial charge in [-0.1, -0.05) is 18.2 Å². The number of benzene rings is 2. The lowest BCUT2D eigenvalue weighted by molar-refractivity contribution is 0.197. The Morgan fingerprint density at radius 3 is 2.58 bits per heavy atom. The van der Waals surface area contributed by atoms with E-state index in [2.05, 4.69) is 10.2 Å². The molecule has 0 saturated heterocycles. The van der Waals surface area contributed by atoms with Crippen LogP contribution in [0.3, 0.4) is 0 Å². The van der Waals surface area contributed by atoms with Gasteiger partial charge in [0.1, 0.15) is 11.6 Å². The molecule has 0 fully saturated rings. The summed E-state index contributed by atoms with van der Waals surface area (Å²) in [6, 6.07) is 12.9. The first-order chi connectivity index (χ1) is 16.0. The van der Waals surface area contributed by atoms with Crippen LogP contribution >= 0.6 is 0 Å². The summed E-state index contributed by atoms with van der Waals surface area (Å²) in [5, 5.41) is 7.70. The molecule has 8 heteroatoms. The zero-order valence-electron chi connectivity index (χ0n) is 19.0. The number of halogens is 2. The van der Waals surface area contributed by atoms with Crippen molar-refractivity contribution in [1.29, 1.82) is 0 Å². The summed E-state index contributed by atoms with van der Waals surface area (Å²) < 4.78 is 29.6. The predicted molar refractivity (Wildman–Crippen MR) is 123 cm³/mol. The Labute approximate surface area is 192 Å². The maximum atomic E-state index is 14.2. The van der Waals surface area contributed by atoms with E-state index in [9.17, 15) is 13.6 Å². The molecule has 174 valence electrons. The van der Waals surface area contributed by atoms with E-state index in [0.29, 0.717) is 38.3 Å². The number of carbonyl (C=O) groups excluding carboxylic acids is 1. The van der Waals surface area contributed by atoms with Crippen molar-refractivity contribution in [2.75, 3.05) is 19.6 Å². The average molecular weight is 454 g/mol. The zero-order chi connectivity index (χ0) is 23.4. The standard InChI is InChI=1S/C25H29F2N5O/c1-3-28-25(33)31(4-2)17-23-21-16-30(15-18-7-5-6-8-22(18)27)14-13-24(21)32(29-23)20-11-9-19(26)10-12-20/h5-12H,3-4,13-17H2,1-2H3,(H,28,33). The van der Waals surface area contributed by atoms with Crippen molar-refractivity contribution in [2.45, 2.75) is 39.9 Å². The molecule has 1 aliphatic rings. The summed E-state index contributed by atoms with van der Waals surface area (Å²) in [5.74, 6) is -0.511. The molecule has 0 radical (unpaired) electrons. The van der Waals surface area contributed by atoms with E-state index in [1.165, 1.54) is 18.2 Å². The summed E-state index contributed by atoms with van der Waals surface area (Å²) in [7, 11) is 0. The fraction of sp³-hybridized carbons (Fsp3) is 0.360. The molecule has 0 saturated carbocycles. The maximum absolute atomic E-state index is 14.2. The third-order valence-corrected chi connectivity index (χ3v) is 5.98. The summed E-state index contributed by atoms with van der Waals surface area (Å²) in [4.78, 5) is 16.4. The van der Waals surface area contributed by atoms with Crippen molar-refractivity contribution in [3.05, 3.63) is 82.7 Å². The summed E-state index contributed by atoms with van der Waals surface area (Å²) in [6.07, 6.45) is 0.724. The van der Waals surface area contributed by atoms with E-state index in [4.69, 9.17) is 5.10 Å². The fourth-order valence-electron chi connectivity index (χ4n) is 4.24. The molecule has 0 unspecified atom stereocenters. The Balaban J connectivity index is 1.66. The number of aromatic nitrogens is 2. The smallest absolute Gasteiger partial charge is 0.317 e. The van der Waals surface area contributed by atoms with E-state index in [0.717, 1.165) is 35.6 Å². The van der Waals surface area contributed by atoms with Gasteiger partial charge in [-0.25, -0.2) is 18.3 Å². The van der Waals surface area contributed by atoms with Gasteiger partial charge in [0, 0.05) is 50.3 Å². The first kappa shape index (κ1) is 22.9. The monoisotopic (exact) mass is 453 g/mol. The van der Waals surface area contributed by atoms with Gasteiger partial charge in [0.25, 0.3) is 0 Å². The third kappa shape index (κ3) is 5.06. The molecule has 2 aromatic carbocycles. The average Bonchev–Trinajstić information content (AvgIpc) is 3.17. The van der Waals surface area contributed by atoms with E-state index < -0.39 is 0 Å². The van der Waals surface area contributed by atoms with Crippen LogP contribution in [0.15, 0.2) is 48.5 Å². The van der Waals surface area contributed by atoms with Crippen LogP contribution in [0, 0.1) is 11.6 Å². The molecule has 6 nitrogen and oxygen atoms in total. The van der Waals surface area contributed by atoms with Crippen LogP contribution in [0.5, 0.6) is 0 Å². The Kier molecular flexibility index (Phi) is 7.03. The summed E-state index contributed by atoms with van der Waals surface area (Å²) in [6.45, 7) is 7.14. The van der Waals surface area contributed by atoms with Crippen molar-refractivity contribution >= 4 is 6.03 Å². The van der Waals surface area contributed by atoms with E-state index in [1.54, 1.807) is 23.1 Å². The SMILES string of the molecule is CCNC(=O)N(CC)Cc1nn(-c2ccc(F)cc2)c2c1CN(Cc1ccccc1F)CC2. The molecule has 0 spiro atoms. The fourth-order valence-corrected chi connectivity index (χ4v) is 4.24. The molecule has 2 amide bonds. The van der Waals surface area contributed by atoms with Gasteiger partial charge in [-0.2, -0.15) is 5.10 Å². The predicted octanol–water partition coefficient (Wildman–Crippen LogP) is 4.26. The number of nitrogens with zero attached hydrogens (tertiary/aromatic N) is 4. The highest BCUT2D eigenvalue weighted by atomic mass is 19.1. The lowest BCUT2D eigenvalue weighted by Crippen LogP contribution is -2.39. The maximum Gasteiger partial charge on any atom is 0.317 e. The molecule has 0 atom stereocenters. The van der Waals surface area contributed by atoms with Gasteiger partial charge in [-0.05, 0) is 44.2 Å². The van der Waals surface area contributed by atoms with E-state index in [1.807, 2.05) is 30.7 Å². The molecule has 1 N–H and O–H groups in total. The van der Waals surface area contributed by atoms with Crippen molar-refractivity contribution in [2.24, 2.45) is 0 Å². The second kappa shape index (κ2) is 10.1. The van der Waals surface area contributed by atoms with Crippen molar-refractivity contribution < 1.29 is 13.6 Å². The Hall–Kier alpha value is -3.26. The summed E-state index contributed by atoms with van der Waals surface area (Å²) in [5.41, 5.74) is 4.34. The lowest BCUT2D eigenvalue weighted by Gasteiger charge is -2.28. The number of amides is 2. The first-order valence-electron chi connectivity index (χ1n) is 11.3.